The number of amides is 3. The molecule has 3 rings (SSSR count). The zero-order chi connectivity index (χ0) is 17.6. The number of carbonyl (C=O) groups excluding carboxylic acids is 2. The van der Waals surface area contributed by atoms with Crippen LogP contribution in [0.5, 0.6) is 0 Å². The van der Waals surface area contributed by atoms with Gasteiger partial charge in [-0.25, -0.2) is 4.79 Å². The maximum atomic E-state index is 12.4. The minimum absolute atomic E-state index is 0.0402. The molecule has 0 aliphatic carbocycles. The number of nitrogens with one attached hydrogen (secondary N) is 3. The van der Waals surface area contributed by atoms with Gasteiger partial charge in [-0.2, -0.15) is 5.10 Å². The van der Waals surface area contributed by atoms with Crippen molar-refractivity contribution in [2.75, 3.05) is 25.0 Å². The van der Waals surface area contributed by atoms with E-state index in [-0.39, 0.29) is 17.9 Å². The van der Waals surface area contributed by atoms with Crippen LogP contribution in [0.15, 0.2) is 36.5 Å². The van der Waals surface area contributed by atoms with Gasteiger partial charge in [0.15, 0.2) is 0 Å². The van der Waals surface area contributed by atoms with E-state index >= 15 is 0 Å². The number of rotatable bonds is 4. The van der Waals surface area contributed by atoms with E-state index in [0.29, 0.717) is 24.3 Å². The van der Waals surface area contributed by atoms with Gasteiger partial charge in [0.2, 0.25) is 0 Å². The van der Waals surface area contributed by atoms with Gasteiger partial charge in [0, 0.05) is 31.1 Å². The van der Waals surface area contributed by atoms with Crippen molar-refractivity contribution in [2.24, 2.45) is 0 Å². The lowest BCUT2D eigenvalue weighted by atomic mass is 9.94. The molecule has 1 saturated heterocycles. The van der Waals surface area contributed by atoms with E-state index in [9.17, 15) is 9.59 Å². The number of anilines is 1. The Hall–Kier alpha value is -2.83. The molecule has 3 N–H and O–H groups in total. The van der Waals surface area contributed by atoms with Crippen LogP contribution in [0.4, 0.5) is 10.5 Å². The van der Waals surface area contributed by atoms with Gasteiger partial charge in [0.1, 0.15) is 0 Å². The van der Waals surface area contributed by atoms with E-state index in [0.717, 1.165) is 25.1 Å². The van der Waals surface area contributed by atoms with Gasteiger partial charge in [0.25, 0.3) is 5.91 Å². The minimum atomic E-state index is -0.167. The van der Waals surface area contributed by atoms with Crippen molar-refractivity contribution in [3.8, 4) is 0 Å². The van der Waals surface area contributed by atoms with Gasteiger partial charge < -0.3 is 15.5 Å². The van der Waals surface area contributed by atoms with Crippen molar-refractivity contribution in [1.82, 2.24) is 20.4 Å². The van der Waals surface area contributed by atoms with E-state index in [1.165, 1.54) is 0 Å². The minimum Gasteiger partial charge on any atom is -0.338 e. The molecule has 1 fully saturated rings. The third-order valence-electron chi connectivity index (χ3n) is 4.40. The van der Waals surface area contributed by atoms with Crippen LogP contribution >= 0.6 is 0 Å². The Morgan fingerprint density at radius 1 is 1.32 bits per heavy atom. The smallest absolute Gasteiger partial charge is 0.317 e. The van der Waals surface area contributed by atoms with Crippen LogP contribution in [0.1, 0.15) is 41.7 Å². The molecule has 3 amide bonds. The normalized spacial score (nSPS) is 17.2. The SMILES string of the molecule is CCNC(=O)N1CCC[C@@H](c2[nH]ncc2NC(=O)c2ccccc2)C1. The van der Waals surface area contributed by atoms with Gasteiger partial charge in [-0.3, -0.25) is 9.89 Å². The summed E-state index contributed by atoms with van der Waals surface area (Å²) in [5, 5.41) is 12.9. The summed E-state index contributed by atoms with van der Waals surface area (Å²) < 4.78 is 0. The molecule has 7 nitrogen and oxygen atoms in total. The highest BCUT2D eigenvalue weighted by Crippen LogP contribution is 2.30. The van der Waals surface area contributed by atoms with Crippen LogP contribution in [0.3, 0.4) is 0 Å². The third kappa shape index (κ3) is 3.99. The highest BCUT2D eigenvalue weighted by molar-refractivity contribution is 6.04. The Labute approximate surface area is 146 Å². The highest BCUT2D eigenvalue weighted by atomic mass is 16.2. The second-order valence-corrected chi connectivity index (χ2v) is 6.14. The summed E-state index contributed by atoms with van der Waals surface area (Å²) in [5.41, 5.74) is 2.15. The summed E-state index contributed by atoms with van der Waals surface area (Å²) in [6.07, 6.45) is 3.50. The molecule has 1 aliphatic rings. The second-order valence-electron chi connectivity index (χ2n) is 6.14. The lowest BCUT2D eigenvalue weighted by Crippen LogP contribution is -2.45. The first-order valence-electron chi connectivity index (χ1n) is 8.61. The van der Waals surface area contributed by atoms with Crippen LogP contribution < -0.4 is 10.6 Å². The van der Waals surface area contributed by atoms with Crippen LogP contribution in [-0.4, -0.2) is 46.7 Å². The lowest BCUT2D eigenvalue weighted by molar-refractivity contribution is 0.102. The zero-order valence-electron chi connectivity index (χ0n) is 14.3. The van der Waals surface area contributed by atoms with Crippen molar-refractivity contribution in [1.29, 1.82) is 0 Å². The molecular formula is C18H23N5O2. The van der Waals surface area contributed by atoms with Gasteiger partial charge in [-0.1, -0.05) is 18.2 Å². The standard InChI is InChI=1S/C18H23N5O2/c1-2-19-18(25)23-10-6-9-14(12-23)16-15(11-20-22-16)21-17(24)13-7-4-3-5-8-13/h3-5,7-8,11,14H,2,6,9-10,12H2,1H3,(H,19,25)(H,20,22)(H,21,24)/t14-/m1/s1. The predicted octanol–water partition coefficient (Wildman–Crippen LogP) is 2.57. The number of likely N-dealkylation sites (tertiary alicyclic amines) is 1. The van der Waals surface area contributed by atoms with Gasteiger partial charge >= 0.3 is 6.03 Å². The van der Waals surface area contributed by atoms with E-state index in [2.05, 4.69) is 20.8 Å². The number of benzene rings is 1. The molecule has 0 bridgehead atoms. The lowest BCUT2D eigenvalue weighted by Gasteiger charge is -2.32. The van der Waals surface area contributed by atoms with Crippen LogP contribution in [0.25, 0.3) is 0 Å². The second kappa shape index (κ2) is 7.83. The van der Waals surface area contributed by atoms with E-state index in [4.69, 9.17) is 0 Å². The van der Waals surface area contributed by atoms with Crippen LogP contribution in [0, 0.1) is 0 Å². The summed E-state index contributed by atoms with van der Waals surface area (Å²) in [4.78, 5) is 26.3. The number of hydrogen-bond acceptors (Lipinski definition) is 3. The number of piperidine rings is 1. The van der Waals surface area contributed by atoms with E-state index < -0.39 is 0 Å². The van der Waals surface area contributed by atoms with Crippen molar-refractivity contribution in [2.45, 2.75) is 25.7 Å². The van der Waals surface area contributed by atoms with Crippen molar-refractivity contribution in [3.05, 3.63) is 47.8 Å². The number of carbonyl (C=O) groups is 2. The average molecular weight is 341 g/mol. The van der Waals surface area contributed by atoms with E-state index in [1.54, 1.807) is 18.3 Å². The Balaban J connectivity index is 1.70. The number of hydrogen-bond donors (Lipinski definition) is 3. The summed E-state index contributed by atoms with van der Waals surface area (Å²) in [5.74, 6) is -0.0374. The third-order valence-corrected chi connectivity index (χ3v) is 4.40. The fourth-order valence-electron chi connectivity index (χ4n) is 3.15. The highest BCUT2D eigenvalue weighted by Gasteiger charge is 2.27. The van der Waals surface area contributed by atoms with Crippen LogP contribution in [-0.2, 0) is 0 Å². The van der Waals surface area contributed by atoms with Crippen molar-refractivity contribution in [3.63, 3.8) is 0 Å². The van der Waals surface area contributed by atoms with E-state index in [1.807, 2.05) is 30.0 Å². The molecule has 1 aromatic heterocycles. The average Bonchev–Trinajstić information content (AvgIpc) is 3.11. The molecule has 2 aromatic rings. The summed E-state index contributed by atoms with van der Waals surface area (Å²) in [7, 11) is 0. The predicted molar refractivity (Wildman–Crippen MR) is 95.6 cm³/mol. The summed E-state index contributed by atoms with van der Waals surface area (Å²) in [6.45, 7) is 3.89. The molecule has 2 heterocycles. The van der Waals surface area contributed by atoms with Gasteiger partial charge in [-0.05, 0) is 31.9 Å². The first-order valence-corrected chi connectivity index (χ1v) is 8.61. The molecule has 132 valence electrons. The molecule has 0 unspecified atom stereocenters. The fourth-order valence-corrected chi connectivity index (χ4v) is 3.15. The Morgan fingerprint density at radius 3 is 2.88 bits per heavy atom. The summed E-state index contributed by atoms with van der Waals surface area (Å²) in [6, 6.07) is 9.03. The maximum Gasteiger partial charge on any atom is 0.317 e. The molecule has 1 aromatic carbocycles. The molecule has 7 heteroatoms. The number of aromatic nitrogens is 2. The monoisotopic (exact) mass is 341 g/mol. The number of aromatic amines is 1. The Morgan fingerprint density at radius 2 is 2.12 bits per heavy atom. The Kier molecular flexibility index (Phi) is 5.33. The van der Waals surface area contributed by atoms with Crippen molar-refractivity contribution < 1.29 is 9.59 Å². The van der Waals surface area contributed by atoms with Crippen molar-refractivity contribution >= 4 is 17.6 Å². The first-order chi connectivity index (χ1) is 12.2. The Bertz CT molecular complexity index is 728. The zero-order valence-corrected chi connectivity index (χ0v) is 14.3. The van der Waals surface area contributed by atoms with Gasteiger partial charge in [0.05, 0.1) is 17.6 Å². The molecule has 0 radical (unpaired) electrons. The number of urea groups is 1. The maximum absolute atomic E-state index is 12.4. The number of H-pyrrole nitrogens is 1. The quantitative estimate of drug-likeness (QED) is 0.798. The van der Waals surface area contributed by atoms with Crippen LogP contribution in [0.2, 0.25) is 0 Å². The topological polar surface area (TPSA) is 90.1 Å². The molecule has 0 saturated carbocycles. The fraction of sp³-hybridized carbons (Fsp3) is 0.389. The molecular weight excluding hydrogens is 318 g/mol. The molecule has 25 heavy (non-hydrogen) atoms. The number of nitrogens with zero attached hydrogens (tertiary/aromatic N) is 2. The summed E-state index contributed by atoms with van der Waals surface area (Å²) >= 11 is 0. The molecule has 0 spiro atoms. The van der Waals surface area contributed by atoms with Gasteiger partial charge in [-0.15, -0.1) is 0 Å². The first kappa shape index (κ1) is 17.0. The largest absolute Gasteiger partial charge is 0.338 e. The molecule has 1 atom stereocenters. The molecule has 1 aliphatic heterocycles.